The second-order valence-electron chi connectivity index (χ2n) is 8.83. The zero-order valence-corrected chi connectivity index (χ0v) is 19.2. The van der Waals surface area contributed by atoms with Gasteiger partial charge in [-0.1, -0.05) is 50.2 Å². The third-order valence-electron chi connectivity index (χ3n) is 6.23. The van der Waals surface area contributed by atoms with Gasteiger partial charge in [0.15, 0.2) is 17.3 Å². The zero-order valence-electron chi connectivity index (χ0n) is 19.2. The molecular weight excluding hydrogens is 414 g/mol. The Kier molecular flexibility index (Phi) is 5.64. The first-order valence-corrected chi connectivity index (χ1v) is 11.3. The monoisotopic (exact) mass is 443 g/mol. The van der Waals surface area contributed by atoms with Crippen molar-refractivity contribution in [2.45, 2.75) is 39.4 Å². The maximum Gasteiger partial charge on any atom is 0.161 e. The fourth-order valence-electron chi connectivity index (χ4n) is 4.42. The van der Waals surface area contributed by atoms with Crippen LogP contribution in [0.5, 0.6) is 11.5 Å². The lowest BCUT2D eigenvalue weighted by Gasteiger charge is -2.29. The van der Waals surface area contributed by atoms with Crippen LogP contribution in [-0.2, 0) is 19.6 Å². The van der Waals surface area contributed by atoms with Crippen LogP contribution < -0.4 is 4.74 Å². The van der Waals surface area contributed by atoms with Crippen LogP contribution in [0.2, 0.25) is 0 Å². The van der Waals surface area contributed by atoms with Crippen LogP contribution in [-0.4, -0.2) is 43.4 Å². The van der Waals surface area contributed by atoms with E-state index >= 15 is 0 Å². The van der Waals surface area contributed by atoms with Crippen LogP contribution in [0.4, 0.5) is 0 Å². The largest absolute Gasteiger partial charge is 0.504 e. The summed E-state index contributed by atoms with van der Waals surface area (Å²) < 4.78 is 7.49. The van der Waals surface area contributed by atoms with E-state index in [2.05, 4.69) is 51.7 Å². The van der Waals surface area contributed by atoms with E-state index in [4.69, 9.17) is 9.72 Å². The fourth-order valence-corrected chi connectivity index (χ4v) is 4.42. The molecule has 2 aromatic heterocycles. The minimum Gasteiger partial charge on any atom is -0.504 e. The Labute approximate surface area is 193 Å². The molecule has 3 heterocycles. The smallest absolute Gasteiger partial charge is 0.161 e. The summed E-state index contributed by atoms with van der Waals surface area (Å²) in [5.74, 6) is 1.95. The van der Waals surface area contributed by atoms with Crippen LogP contribution >= 0.6 is 0 Å². The molecule has 1 aliphatic heterocycles. The van der Waals surface area contributed by atoms with E-state index in [0.717, 1.165) is 60.2 Å². The van der Waals surface area contributed by atoms with Gasteiger partial charge in [-0.15, -0.1) is 0 Å². The Morgan fingerprint density at radius 1 is 1.09 bits per heavy atom. The van der Waals surface area contributed by atoms with Crippen molar-refractivity contribution in [2.24, 2.45) is 0 Å². The molecule has 0 spiro atoms. The summed E-state index contributed by atoms with van der Waals surface area (Å²) in [6.45, 7) is 7.54. The van der Waals surface area contributed by atoms with Crippen molar-refractivity contribution < 1.29 is 9.84 Å². The SMILES string of the molecule is COc1ccc(CN2CCn3c(-c4cc(C(C)C)[nH]n4)nc(-c4ccccc4)c3C2)cc1O. The van der Waals surface area contributed by atoms with E-state index < -0.39 is 0 Å². The molecule has 170 valence electrons. The molecule has 0 aliphatic carbocycles. The number of aromatic nitrogens is 4. The number of nitrogens with one attached hydrogen (secondary N) is 1. The highest BCUT2D eigenvalue weighted by Gasteiger charge is 2.27. The number of aromatic hydroxyl groups is 1. The Morgan fingerprint density at radius 2 is 1.91 bits per heavy atom. The number of phenols is 1. The summed E-state index contributed by atoms with van der Waals surface area (Å²) >= 11 is 0. The zero-order chi connectivity index (χ0) is 22.9. The molecule has 33 heavy (non-hydrogen) atoms. The lowest BCUT2D eigenvalue weighted by Crippen LogP contribution is -2.33. The average molecular weight is 444 g/mol. The third-order valence-corrected chi connectivity index (χ3v) is 6.23. The number of benzene rings is 2. The Hall–Kier alpha value is -3.58. The number of aromatic amines is 1. The number of rotatable bonds is 6. The number of hydrogen-bond donors (Lipinski definition) is 2. The van der Waals surface area contributed by atoms with Gasteiger partial charge in [0.05, 0.1) is 18.5 Å². The minimum absolute atomic E-state index is 0.170. The van der Waals surface area contributed by atoms with Crippen LogP contribution in [0.3, 0.4) is 0 Å². The highest BCUT2D eigenvalue weighted by atomic mass is 16.5. The average Bonchev–Trinajstić information content (AvgIpc) is 3.45. The van der Waals surface area contributed by atoms with Gasteiger partial charge in [-0.3, -0.25) is 10.00 Å². The first-order valence-electron chi connectivity index (χ1n) is 11.3. The summed E-state index contributed by atoms with van der Waals surface area (Å²) in [5.41, 5.74) is 6.35. The van der Waals surface area contributed by atoms with Crippen LogP contribution in [0, 0.1) is 0 Å². The van der Waals surface area contributed by atoms with Gasteiger partial charge in [0.2, 0.25) is 0 Å². The van der Waals surface area contributed by atoms with Gasteiger partial charge in [0.1, 0.15) is 5.69 Å². The summed E-state index contributed by atoms with van der Waals surface area (Å²) in [7, 11) is 1.56. The van der Waals surface area contributed by atoms with Crippen molar-refractivity contribution in [3.05, 3.63) is 71.5 Å². The first-order chi connectivity index (χ1) is 16.0. The predicted octanol–water partition coefficient (Wildman–Crippen LogP) is 4.79. The van der Waals surface area contributed by atoms with Gasteiger partial charge in [0, 0.05) is 37.4 Å². The highest BCUT2D eigenvalue weighted by Crippen LogP contribution is 2.33. The lowest BCUT2D eigenvalue weighted by molar-refractivity contribution is 0.214. The molecule has 4 aromatic rings. The summed E-state index contributed by atoms with van der Waals surface area (Å²) in [6, 6.07) is 18.1. The predicted molar refractivity (Wildman–Crippen MR) is 128 cm³/mol. The summed E-state index contributed by atoms with van der Waals surface area (Å²) in [4.78, 5) is 7.47. The van der Waals surface area contributed by atoms with Crippen molar-refractivity contribution in [2.75, 3.05) is 13.7 Å². The van der Waals surface area contributed by atoms with E-state index in [1.165, 1.54) is 5.69 Å². The molecule has 0 fully saturated rings. The molecule has 0 bridgehead atoms. The maximum atomic E-state index is 10.2. The van der Waals surface area contributed by atoms with Gasteiger partial charge < -0.3 is 14.4 Å². The molecule has 2 N–H and O–H groups in total. The highest BCUT2D eigenvalue weighted by molar-refractivity contribution is 5.67. The number of H-pyrrole nitrogens is 1. The number of fused-ring (bicyclic) bond motifs is 1. The molecule has 0 amide bonds. The molecular formula is C26H29N5O2. The number of hydrogen-bond acceptors (Lipinski definition) is 5. The van der Waals surface area contributed by atoms with E-state index in [9.17, 15) is 5.11 Å². The van der Waals surface area contributed by atoms with Crippen LogP contribution in [0.25, 0.3) is 22.8 Å². The molecule has 0 saturated heterocycles. The number of nitrogens with zero attached hydrogens (tertiary/aromatic N) is 4. The lowest BCUT2D eigenvalue weighted by atomic mass is 10.1. The normalized spacial score (nSPS) is 13.9. The number of methoxy groups -OCH3 is 1. The first kappa shape index (κ1) is 21.3. The van der Waals surface area contributed by atoms with Crippen LogP contribution in [0.15, 0.2) is 54.6 Å². The number of ether oxygens (including phenoxy) is 1. The van der Waals surface area contributed by atoms with Crippen molar-refractivity contribution in [1.82, 2.24) is 24.6 Å². The van der Waals surface area contributed by atoms with Gasteiger partial charge >= 0.3 is 0 Å². The molecule has 0 atom stereocenters. The Morgan fingerprint density at radius 3 is 2.61 bits per heavy atom. The summed E-state index contributed by atoms with van der Waals surface area (Å²) in [6.07, 6.45) is 0. The van der Waals surface area contributed by atoms with Gasteiger partial charge in [-0.25, -0.2) is 4.98 Å². The van der Waals surface area contributed by atoms with Gasteiger partial charge in [-0.05, 0) is 29.7 Å². The number of phenolic OH excluding ortho intramolecular Hbond substituents is 1. The van der Waals surface area contributed by atoms with Crippen molar-refractivity contribution in [1.29, 1.82) is 0 Å². The topological polar surface area (TPSA) is 79.2 Å². The van der Waals surface area contributed by atoms with E-state index in [1.807, 2.05) is 30.3 Å². The molecule has 2 aromatic carbocycles. The molecule has 5 rings (SSSR count). The molecule has 7 heteroatoms. The number of imidazole rings is 1. The standard InChI is InChI=1S/C26H29N5O2/c1-17(2)20-14-21(29-28-20)26-27-25(19-7-5-4-6-8-19)22-16-30(11-12-31(22)26)15-18-9-10-24(33-3)23(32)13-18/h4-10,13-14,17,32H,11-12,15-16H2,1-3H3,(H,28,29). The second-order valence-corrected chi connectivity index (χ2v) is 8.83. The van der Waals surface area contributed by atoms with Crippen molar-refractivity contribution in [3.8, 4) is 34.3 Å². The fraction of sp³-hybridized carbons (Fsp3) is 0.308. The molecule has 1 aliphatic rings. The molecule has 0 saturated carbocycles. The molecule has 0 radical (unpaired) electrons. The van der Waals surface area contributed by atoms with Crippen molar-refractivity contribution >= 4 is 0 Å². The quantitative estimate of drug-likeness (QED) is 0.448. The minimum atomic E-state index is 0.170. The van der Waals surface area contributed by atoms with E-state index in [-0.39, 0.29) is 5.75 Å². The molecule has 7 nitrogen and oxygen atoms in total. The second kappa shape index (κ2) is 8.75. The summed E-state index contributed by atoms with van der Waals surface area (Å²) in [5, 5.41) is 17.9. The van der Waals surface area contributed by atoms with E-state index in [0.29, 0.717) is 11.7 Å². The maximum absolute atomic E-state index is 10.2. The molecule has 0 unspecified atom stereocenters. The van der Waals surface area contributed by atoms with E-state index in [1.54, 1.807) is 13.2 Å². The third kappa shape index (κ3) is 4.12. The van der Waals surface area contributed by atoms with Gasteiger partial charge in [0.25, 0.3) is 0 Å². The Balaban J connectivity index is 1.49. The van der Waals surface area contributed by atoms with Crippen molar-refractivity contribution in [3.63, 3.8) is 0 Å². The van der Waals surface area contributed by atoms with Crippen LogP contribution in [0.1, 0.15) is 36.7 Å². The van der Waals surface area contributed by atoms with Gasteiger partial charge in [-0.2, -0.15) is 5.10 Å². The Bertz CT molecular complexity index is 1260.